The highest BCUT2D eigenvalue weighted by molar-refractivity contribution is 5.56. The molecule has 0 unspecified atom stereocenters. The van der Waals surface area contributed by atoms with E-state index in [9.17, 15) is 0 Å². The molecule has 0 amide bonds. The van der Waals surface area contributed by atoms with E-state index in [2.05, 4.69) is 76.0 Å². The minimum atomic E-state index is 0.115. The fourth-order valence-corrected chi connectivity index (χ4v) is 2.02. The van der Waals surface area contributed by atoms with Gasteiger partial charge in [-0.2, -0.15) is 0 Å². The average molecular weight is 234 g/mol. The second-order valence-electron chi connectivity index (χ2n) is 5.80. The van der Waals surface area contributed by atoms with Crippen LogP contribution in [-0.4, -0.2) is 18.1 Å². The van der Waals surface area contributed by atoms with Gasteiger partial charge in [0, 0.05) is 29.5 Å². The molecule has 0 atom stereocenters. The molecule has 96 valence electrons. The maximum atomic E-state index is 3.48. The van der Waals surface area contributed by atoms with Crippen LogP contribution in [0.5, 0.6) is 0 Å². The maximum absolute atomic E-state index is 3.48. The quantitative estimate of drug-likeness (QED) is 0.842. The van der Waals surface area contributed by atoms with Crippen molar-refractivity contribution in [3.8, 4) is 0 Å². The number of nitrogens with zero attached hydrogens (tertiary/aromatic N) is 1. The molecule has 0 aliphatic carbocycles. The van der Waals surface area contributed by atoms with Gasteiger partial charge in [0.05, 0.1) is 0 Å². The molecule has 0 saturated heterocycles. The zero-order chi connectivity index (χ0) is 13.1. The number of rotatable bonds is 4. The summed E-state index contributed by atoms with van der Waals surface area (Å²) in [4.78, 5) is 2.39. The molecule has 0 heterocycles. The minimum absolute atomic E-state index is 0.115. The van der Waals surface area contributed by atoms with E-state index in [1.54, 1.807) is 0 Å². The molecule has 17 heavy (non-hydrogen) atoms. The lowest BCUT2D eigenvalue weighted by Gasteiger charge is -2.28. The van der Waals surface area contributed by atoms with Crippen LogP contribution in [0.3, 0.4) is 0 Å². The van der Waals surface area contributed by atoms with E-state index in [0.29, 0.717) is 6.04 Å². The molecular weight excluding hydrogens is 208 g/mol. The molecule has 2 heteroatoms. The van der Waals surface area contributed by atoms with E-state index in [-0.39, 0.29) is 5.54 Å². The van der Waals surface area contributed by atoms with Crippen molar-refractivity contribution in [2.75, 3.05) is 16.8 Å². The van der Waals surface area contributed by atoms with E-state index in [1.165, 1.54) is 11.4 Å². The predicted molar refractivity (Wildman–Crippen MR) is 78.0 cm³/mol. The van der Waals surface area contributed by atoms with Gasteiger partial charge in [0.2, 0.25) is 0 Å². The molecule has 2 nitrogen and oxygen atoms in total. The number of anilines is 2. The standard InChI is InChI=1S/C15H26N2/c1-7-17(12(2)3)14-10-8-13(9-11-14)16-15(4,5)6/h8-12,16H,7H2,1-6H3. The average Bonchev–Trinajstić information content (AvgIpc) is 2.18. The monoisotopic (exact) mass is 234 g/mol. The molecule has 1 aromatic carbocycles. The molecular formula is C15H26N2. The van der Waals surface area contributed by atoms with Gasteiger partial charge in [-0.15, -0.1) is 0 Å². The van der Waals surface area contributed by atoms with Gasteiger partial charge in [-0.05, 0) is 65.8 Å². The van der Waals surface area contributed by atoms with Gasteiger partial charge in [-0.25, -0.2) is 0 Å². The lowest BCUT2D eigenvalue weighted by molar-refractivity contribution is 0.634. The van der Waals surface area contributed by atoms with E-state index >= 15 is 0 Å². The molecule has 0 saturated carbocycles. The highest BCUT2D eigenvalue weighted by atomic mass is 15.1. The third-order valence-electron chi connectivity index (χ3n) is 2.68. The molecule has 0 bridgehead atoms. The van der Waals surface area contributed by atoms with E-state index < -0.39 is 0 Å². The lowest BCUT2D eigenvalue weighted by Crippen LogP contribution is -2.30. The maximum Gasteiger partial charge on any atom is 0.0369 e. The largest absolute Gasteiger partial charge is 0.380 e. The van der Waals surface area contributed by atoms with E-state index in [0.717, 1.165) is 6.54 Å². The fourth-order valence-electron chi connectivity index (χ4n) is 2.02. The SMILES string of the molecule is CCN(c1ccc(NC(C)(C)C)cc1)C(C)C. The van der Waals surface area contributed by atoms with Gasteiger partial charge in [0.25, 0.3) is 0 Å². The second-order valence-corrected chi connectivity index (χ2v) is 5.80. The Labute approximate surface area is 106 Å². The first-order chi connectivity index (χ1) is 7.83. The van der Waals surface area contributed by atoms with Gasteiger partial charge in [-0.3, -0.25) is 0 Å². The number of hydrogen-bond donors (Lipinski definition) is 1. The first-order valence-electron chi connectivity index (χ1n) is 6.48. The number of hydrogen-bond acceptors (Lipinski definition) is 2. The first-order valence-corrected chi connectivity index (χ1v) is 6.48. The van der Waals surface area contributed by atoms with Gasteiger partial charge < -0.3 is 10.2 Å². The van der Waals surface area contributed by atoms with Crippen LogP contribution in [0, 0.1) is 0 Å². The highest BCUT2D eigenvalue weighted by Gasteiger charge is 2.10. The topological polar surface area (TPSA) is 15.3 Å². The Bertz CT molecular complexity index is 333. The molecule has 1 aromatic rings. The van der Waals surface area contributed by atoms with Gasteiger partial charge >= 0.3 is 0 Å². The summed E-state index contributed by atoms with van der Waals surface area (Å²) in [6, 6.07) is 9.24. The van der Waals surface area contributed by atoms with Crippen molar-refractivity contribution in [3.05, 3.63) is 24.3 Å². The fraction of sp³-hybridized carbons (Fsp3) is 0.600. The summed E-state index contributed by atoms with van der Waals surface area (Å²) in [5.74, 6) is 0. The Morgan fingerprint density at radius 2 is 1.65 bits per heavy atom. The molecule has 0 aliphatic heterocycles. The van der Waals surface area contributed by atoms with Crippen LogP contribution >= 0.6 is 0 Å². The second kappa shape index (κ2) is 5.44. The predicted octanol–water partition coefficient (Wildman–Crippen LogP) is 4.13. The van der Waals surface area contributed by atoms with Crippen molar-refractivity contribution in [2.45, 2.75) is 53.1 Å². The van der Waals surface area contributed by atoms with Crippen molar-refractivity contribution < 1.29 is 0 Å². The molecule has 0 aromatic heterocycles. The summed E-state index contributed by atoms with van der Waals surface area (Å²) in [6.07, 6.45) is 0. The summed E-state index contributed by atoms with van der Waals surface area (Å²) in [7, 11) is 0. The van der Waals surface area contributed by atoms with Crippen LogP contribution in [0.25, 0.3) is 0 Å². The van der Waals surface area contributed by atoms with Crippen molar-refractivity contribution in [2.24, 2.45) is 0 Å². The molecule has 0 aliphatic rings. The van der Waals surface area contributed by atoms with Crippen molar-refractivity contribution in [1.29, 1.82) is 0 Å². The van der Waals surface area contributed by atoms with Crippen LogP contribution < -0.4 is 10.2 Å². The van der Waals surface area contributed by atoms with Crippen LogP contribution in [0.1, 0.15) is 41.5 Å². The summed E-state index contributed by atoms with van der Waals surface area (Å²) in [6.45, 7) is 14.2. The van der Waals surface area contributed by atoms with Crippen LogP contribution in [0.2, 0.25) is 0 Å². The Kier molecular flexibility index (Phi) is 4.44. The van der Waals surface area contributed by atoms with Crippen LogP contribution in [0.15, 0.2) is 24.3 Å². The first kappa shape index (κ1) is 13.9. The normalized spacial score (nSPS) is 11.7. The van der Waals surface area contributed by atoms with Gasteiger partial charge in [0.15, 0.2) is 0 Å². The molecule has 1 rings (SSSR count). The van der Waals surface area contributed by atoms with E-state index in [1.807, 2.05) is 0 Å². The van der Waals surface area contributed by atoms with E-state index in [4.69, 9.17) is 0 Å². The van der Waals surface area contributed by atoms with Crippen molar-refractivity contribution >= 4 is 11.4 Å². The Hall–Kier alpha value is -1.18. The summed E-state index contributed by atoms with van der Waals surface area (Å²) < 4.78 is 0. The Morgan fingerprint density at radius 1 is 1.12 bits per heavy atom. The van der Waals surface area contributed by atoms with Crippen LogP contribution in [-0.2, 0) is 0 Å². The lowest BCUT2D eigenvalue weighted by atomic mass is 10.1. The van der Waals surface area contributed by atoms with Gasteiger partial charge in [-0.1, -0.05) is 0 Å². The van der Waals surface area contributed by atoms with Crippen molar-refractivity contribution in [3.63, 3.8) is 0 Å². The third-order valence-corrected chi connectivity index (χ3v) is 2.68. The Balaban J connectivity index is 2.80. The van der Waals surface area contributed by atoms with Crippen LogP contribution in [0.4, 0.5) is 11.4 Å². The smallest absolute Gasteiger partial charge is 0.0369 e. The van der Waals surface area contributed by atoms with Gasteiger partial charge in [0.1, 0.15) is 0 Å². The molecule has 0 fully saturated rings. The summed E-state index contributed by atoms with van der Waals surface area (Å²) in [5, 5.41) is 3.48. The summed E-state index contributed by atoms with van der Waals surface area (Å²) in [5.41, 5.74) is 2.59. The molecule has 0 radical (unpaired) electrons. The summed E-state index contributed by atoms with van der Waals surface area (Å²) >= 11 is 0. The molecule has 1 N–H and O–H groups in total. The number of nitrogens with one attached hydrogen (secondary N) is 1. The third kappa shape index (κ3) is 4.29. The zero-order valence-electron chi connectivity index (χ0n) is 12.0. The Morgan fingerprint density at radius 3 is 2.00 bits per heavy atom. The molecule has 0 spiro atoms. The zero-order valence-corrected chi connectivity index (χ0v) is 12.0. The van der Waals surface area contributed by atoms with Crippen molar-refractivity contribution in [1.82, 2.24) is 0 Å². The number of benzene rings is 1. The highest BCUT2D eigenvalue weighted by Crippen LogP contribution is 2.21. The minimum Gasteiger partial charge on any atom is -0.380 e.